The summed E-state index contributed by atoms with van der Waals surface area (Å²) in [5, 5.41) is 0. The molecule has 0 aromatic rings. The number of halogens is 1. The van der Waals surface area contributed by atoms with Gasteiger partial charge in [-0.3, -0.25) is 0 Å². The maximum atomic E-state index is 1.87. The first-order chi connectivity index (χ1) is 3.95. The Morgan fingerprint density at radius 2 is 1.30 bits per heavy atom. The van der Waals surface area contributed by atoms with Crippen LogP contribution in [0.4, 0.5) is 0 Å². The van der Waals surface area contributed by atoms with Gasteiger partial charge in [0.05, 0.1) is 0 Å². The van der Waals surface area contributed by atoms with Gasteiger partial charge >= 0.3 is 23.1 Å². The predicted molar refractivity (Wildman–Crippen MR) is 40.2 cm³/mol. The zero-order valence-corrected chi connectivity index (χ0v) is 8.58. The molecule has 3 saturated carbocycles. The van der Waals surface area contributed by atoms with E-state index >= 15 is 0 Å². The van der Waals surface area contributed by atoms with Crippen molar-refractivity contribution in [2.24, 2.45) is 5.92 Å². The quantitative estimate of drug-likeness (QED) is 0.328. The fraction of sp³-hybridized carbons (Fsp3) is 0.875. The van der Waals surface area contributed by atoms with E-state index in [9.17, 15) is 0 Å². The normalized spacial score (nSPS) is 25.2. The van der Waals surface area contributed by atoms with Crippen LogP contribution in [0.25, 0.3) is 0 Å². The van der Waals surface area contributed by atoms with Crippen LogP contribution >= 0.6 is 0 Å². The van der Waals surface area contributed by atoms with E-state index in [1.165, 1.54) is 38.5 Å². The summed E-state index contributed by atoms with van der Waals surface area (Å²) < 4.78 is 0. The molecule has 0 heterocycles. The van der Waals surface area contributed by atoms with Crippen molar-refractivity contribution in [1.29, 1.82) is 0 Å². The Bertz CT molecular complexity index is 64.2. The largest absolute Gasteiger partial charge is 2.00 e. The average molecular weight is 169 g/mol. The first-order valence-electron chi connectivity index (χ1n) is 3.79. The molecule has 0 nitrogen and oxygen atoms in total. The maximum absolute atomic E-state index is 1.87. The molecule has 0 unspecified atom stereocenters. The molecule has 10 heavy (non-hydrogen) atoms. The Labute approximate surface area is 85.7 Å². The Kier molecular flexibility index (Phi) is 5.35. The van der Waals surface area contributed by atoms with Gasteiger partial charge in [-0.2, -0.15) is 19.3 Å². The molecular weight excluding hydrogens is 156 g/mol. The number of hydrogen-bond acceptors (Lipinski definition) is 0. The summed E-state index contributed by atoms with van der Waals surface area (Å²) in [5.41, 5.74) is 0. The molecule has 3 aliphatic carbocycles. The van der Waals surface area contributed by atoms with Gasteiger partial charge in [-0.15, -0.1) is 0 Å². The fourth-order valence-electron chi connectivity index (χ4n) is 2.03. The summed E-state index contributed by atoms with van der Waals surface area (Å²) in [6.07, 6.45) is 9.00. The Morgan fingerprint density at radius 3 is 1.40 bits per heavy atom. The third-order valence-corrected chi connectivity index (χ3v) is 2.72. The average Bonchev–Trinajstić information content (AvgIpc) is 1.92. The van der Waals surface area contributed by atoms with Crippen LogP contribution in [-0.2, 0) is 0 Å². The molecular formula is C8H13ClMg. The zero-order valence-electron chi connectivity index (χ0n) is 6.41. The van der Waals surface area contributed by atoms with Crippen molar-refractivity contribution in [3.05, 3.63) is 5.92 Å². The second-order valence-electron chi connectivity index (χ2n) is 3.23. The van der Waals surface area contributed by atoms with Crippen LogP contribution in [0, 0.1) is 11.8 Å². The minimum atomic E-state index is 0. The minimum Gasteiger partial charge on any atom is -1.00 e. The number of rotatable bonds is 0. The van der Waals surface area contributed by atoms with Gasteiger partial charge in [-0.1, -0.05) is 19.3 Å². The van der Waals surface area contributed by atoms with Gasteiger partial charge in [-0.05, 0) is 5.92 Å². The summed E-state index contributed by atoms with van der Waals surface area (Å²) in [5.74, 6) is 3.00. The standard InChI is InChI=1S/C8H13.ClH.Mg/c1-2-8-5-3-7(1)4-6-8;;/h7H,1-6H2;1H;/q-1;;+2/p-1. The van der Waals surface area contributed by atoms with E-state index in [1.54, 1.807) is 0 Å². The monoisotopic (exact) mass is 168 g/mol. The Hall–Kier alpha value is 1.06. The molecule has 0 radical (unpaired) electrons. The summed E-state index contributed by atoms with van der Waals surface area (Å²) in [7, 11) is 0. The van der Waals surface area contributed by atoms with E-state index in [2.05, 4.69) is 0 Å². The Balaban J connectivity index is 0.000000405. The summed E-state index contributed by atoms with van der Waals surface area (Å²) in [6, 6.07) is 0. The predicted octanol–water partition coefficient (Wildman–Crippen LogP) is -0.832. The van der Waals surface area contributed by atoms with Crippen molar-refractivity contribution in [3.8, 4) is 0 Å². The molecule has 54 valence electrons. The summed E-state index contributed by atoms with van der Waals surface area (Å²) in [6.45, 7) is 0. The van der Waals surface area contributed by atoms with Crippen LogP contribution in [-0.4, -0.2) is 23.1 Å². The topological polar surface area (TPSA) is 0 Å². The van der Waals surface area contributed by atoms with Gasteiger partial charge in [-0.25, -0.2) is 0 Å². The van der Waals surface area contributed by atoms with Crippen LogP contribution in [0.15, 0.2) is 0 Å². The smallest absolute Gasteiger partial charge is 1.00 e. The molecule has 3 fully saturated rings. The van der Waals surface area contributed by atoms with Crippen molar-refractivity contribution >= 4 is 23.1 Å². The zero-order chi connectivity index (χ0) is 5.40. The van der Waals surface area contributed by atoms with Gasteiger partial charge in [0.15, 0.2) is 0 Å². The molecule has 3 aliphatic rings. The summed E-state index contributed by atoms with van der Waals surface area (Å²) >= 11 is 0. The van der Waals surface area contributed by atoms with Crippen LogP contribution < -0.4 is 12.4 Å². The van der Waals surface area contributed by atoms with Gasteiger partial charge in [0.2, 0.25) is 0 Å². The molecule has 0 N–H and O–H groups in total. The SMILES string of the molecule is C1CC2CC[C-]1CC2.[Cl-].[Mg+2]. The molecule has 2 bridgehead atoms. The van der Waals surface area contributed by atoms with E-state index in [-0.39, 0.29) is 35.5 Å². The van der Waals surface area contributed by atoms with Crippen LogP contribution in [0.5, 0.6) is 0 Å². The van der Waals surface area contributed by atoms with Crippen molar-refractivity contribution in [3.63, 3.8) is 0 Å². The third kappa shape index (κ3) is 2.28. The van der Waals surface area contributed by atoms with Gasteiger partial charge in [0, 0.05) is 0 Å². The van der Waals surface area contributed by atoms with E-state index in [0.717, 1.165) is 5.92 Å². The Morgan fingerprint density at radius 1 is 0.900 bits per heavy atom. The fourth-order valence-corrected chi connectivity index (χ4v) is 2.03. The third-order valence-electron chi connectivity index (χ3n) is 2.72. The second kappa shape index (κ2) is 4.84. The minimum absolute atomic E-state index is 0. The van der Waals surface area contributed by atoms with Crippen LogP contribution in [0.2, 0.25) is 0 Å². The second-order valence-corrected chi connectivity index (χ2v) is 3.23. The molecule has 0 spiro atoms. The molecule has 0 aliphatic heterocycles. The maximum Gasteiger partial charge on any atom is 2.00 e. The van der Waals surface area contributed by atoms with Crippen LogP contribution in [0.1, 0.15) is 38.5 Å². The van der Waals surface area contributed by atoms with Gasteiger partial charge < -0.3 is 18.3 Å². The van der Waals surface area contributed by atoms with Crippen molar-refractivity contribution in [2.45, 2.75) is 38.5 Å². The van der Waals surface area contributed by atoms with E-state index < -0.39 is 0 Å². The van der Waals surface area contributed by atoms with Crippen molar-refractivity contribution in [1.82, 2.24) is 0 Å². The number of hydrogen-bond donors (Lipinski definition) is 0. The van der Waals surface area contributed by atoms with Crippen molar-refractivity contribution < 1.29 is 12.4 Å². The van der Waals surface area contributed by atoms with E-state index in [1.807, 2.05) is 5.92 Å². The first kappa shape index (κ1) is 11.1. The van der Waals surface area contributed by atoms with E-state index in [0.29, 0.717) is 0 Å². The molecule has 0 aromatic carbocycles. The molecule has 3 rings (SSSR count). The first-order valence-corrected chi connectivity index (χ1v) is 3.79. The molecule has 0 amide bonds. The number of fused-ring (bicyclic) bond motifs is 3. The summed E-state index contributed by atoms with van der Waals surface area (Å²) in [4.78, 5) is 0. The molecule has 0 atom stereocenters. The van der Waals surface area contributed by atoms with E-state index in [4.69, 9.17) is 0 Å². The van der Waals surface area contributed by atoms with Crippen molar-refractivity contribution in [2.75, 3.05) is 0 Å². The molecule has 0 saturated heterocycles. The molecule has 2 heteroatoms. The van der Waals surface area contributed by atoms with Gasteiger partial charge in [0.25, 0.3) is 0 Å². The van der Waals surface area contributed by atoms with Crippen LogP contribution in [0.3, 0.4) is 0 Å². The molecule has 0 aromatic heterocycles. The van der Waals surface area contributed by atoms with Gasteiger partial charge in [0.1, 0.15) is 0 Å².